The second-order valence-electron chi connectivity index (χ2n) is 6.13. The van der Waals surface area contributed by atoms with E-state index in [1.807, 2.05) is 0 Å². The Balaban J connectivity index is 1.49. The first-order valence-corrected chi connectivity index (χ1v) is 7.83. The summed E-state index contributed by atoms with van der Waals surface area (Å²) in [5, 5.41) is 3.56. The molecule has 0 amide bonds. The van der Waals surface area contributed by atoms with Gasteiger partial charge in [0, 0.05) is 25.7 Å². The van der Waals surface area contributed by atoms with E-state index in [4.69, 9.17) is 0 Å². The SMILES string of the molecule is CN(Cc1ccccc1)Cc1ccc(CNC2CC2)cc1. The molecule has 1 saturated carbocycles. The van der Waals surface area contributed by atoms with Crippen LogP contribution >= 0.6 is 0 Å². The summed E-state index contributed by atoms with van der Waals surface area (Å²) in [5.74, 6) is 0. The summed E-state index contributed by atoms with van der Waals surface area (Å²) in [6.07, 6.45) is 2.70. The molecule has 0 radical (unpaired) electrons. The molecule has 2 aromatic rings. The van der Waals surface area contributed by atoms with E-state index >= 15 is 0 Å². The second kappa shape index (κ2) is 6.88. The van der Waals surface area contributed by atoms with E-state index in [-0.39, 0.29) is 0 Å². The Morgan fingerprint density at radius 1 is 0.857 bits per heavy atom. The van der Waals surface area contributed by atoms with Crippen LogP contribution in [0, 0.1) is 0 Å². The molecule has 0 spiro atoms. The van der Waals surface area contributed by atoms with Gasteiger partial charge in [0.15, 0.2) is 0 Å². The molecule has 0 unspecified atom stereocenters. The highest BCUT2D eigenvalue weighted by atomic mass is 15.1. The molecule has 2 heteroatoms. The van der Waals surface area contributed by atoms with E-state index in [9.17, 15) is 0 Å². The first-order valence-electron chi connectivity index (χ1n) is 7.83. The first-order chi connectivity index (χ1) is 10.3. The fourth-order valence-electron chi connectivity index (χ4n) is 2.57. The Labute approximate surface area is 127 Å². The lowest BCUT2D eigenvalue weighted by Crippen LogP contribution is -2.17. The average Bonchev–Trinajstić information content (AvgIpc) is 3.32. The van der Waals surface area contributed by atoms with Gasteiger partial charge in [-0.2, -0.15) is 0 Å². The quantitative estimate of drug-likeness (QED) is 0.834. The molecule has 0 bridgehead atoms. The molecule has 110 valence electrons. The molecule has 0 atom stereocenters. The summed E-state index contributed by atoms with van der Waals surface area (Å²) in [6, 6.07) is 20.4. The van der Waals surface area contributed by atoms with Crippen molar-refractivity contribution in [3.05, 3.63) is 71.3 Å². The lowest BCUT2D eigenvalue weighted by Gasteiger charge is -2.17. The van der Waals surface area contributed by atoms with E-state index in [2.05, 4.69) is 71.9 Å². The highest BCUT2D eigenvalue weighted by Gasteiger charge is 2.19. The van der Waals surface area contributed by atoms with Gasteiger partial charge >= 0.3 is 0 Å². The Bertz CT molecular complexity index is 544. The number of hydrogen-bond donors (Lipinski definition) is 1. The topological polar surface area (TPSA) is 15.3 Å². The highest BCUT2D eigenvalue weighted by Crippen LogP contribution is 2.19. The minimum Gasteiger partial charge on any atom is -0.310 e. The number of nitrogens with one attached hydrogen (secondary N) is 1. The first kappa shape index (κ1) is 14.3. The molecular weight excluding hydrogens is 256 g/mol. The summed E-state index contributed by atoms with van der Waals surface area (Å²) in [6.45, 7) is 2.99. The molecule has 2 aromatic carbocycles. The maximum atomic E-state index is 3.56. The predicted octanol–water partition coefficient (Wildman–Crippen LogP) is 3.57. The zero-order valence-electron chi connectivity index (χ0n) is 12.8. The van der Waals surface area contributed by atoms with Crippen LogP contribution in [0.1, 0.15) is 29.5 Å². The van der Waals surface area contributed by atoms with Crippen LogP contribution < -0.4 is 5.32 Å². The van der Waals surface area contributed by atoms with E-state index in [0.717, 1.165) is 25.7 Å². The summed E-state index contributed by atoms with van der Waals surface area (Å²) in [4.78, 5) is 2.35. The van der Waals surface area contributed by atoms with Gasteiger partial charge in [-0.25, -0.2) is 0 Å². The van der Waals surface area contributed by atoms with Crippen molar-refractivity contribution in [2.45, 2.75) is 38.5 Å². The van der Waals surface area contributed by atoms with Crippen molar-refractivity contribution in [1.82, 2.24) is 10.2 Å². The van der Waals surface area contributed by atoms with Gasteiger partial charge in [-0.15, -0.1) is 0 Å². The number of nitrogens with zero attached hydrogens (tertiary/aromatic N) is 1. The van der Waals surface area contributed by atoms with Crippen LogP contribution in [-0.4, -0.2) is 18.0 Å². The van der Waals surface area contributed by atoms with Crippen LogP contribution in [0.5, 0.6) is 0 Å². The standard InChI is InChI=1S/C19H24N2/c1-21(14-17-5-3-2-4-6-17)15-18-9-7-16(8-10-18)13-20-19-11-12-19/h2-10,19-20H,11-15H2,1H3. The van der Waals surface area contributed by atoms with Crippen LogP contribution in [0.25, 0.3) is 0 Å². The third-order valence-electron chi connectivity index (χ3n) is 3.94. The van der Waals surface area contributed by atoms with Gasteiger partial charge in [0.25, 0.3) is 0 Å². The second-order valence-corrected chi connectivity index (χ2v) is 6.13. The molecule has 0 aromatic heterocycles. The highest BCUT2D eigenvalue weighted by molar-refractivity contribution is 5.23. The lowest BCUT2D eigenvalue weighted by molar-refractivity contribution is 0.319. The molecule has 1 N–H and O–H groups in total. The van der Waals surface area contributed by atoms with Crippen LogP contribution in [0.4, 0.5) is 0 Å². The predicted molar refractivity (Wildman–Crippen MR) is 87.9 cm³/mol. The molecular formula is C19H24N2. The molecule has 0 aliphatic heterocycles. The van der Waals surface area contributed by atoms with Crippen molar-refractivity contribution in [2.24, 2.45) is 0 Å². The summed E-state index contributed by atoms with van der Waals surface area (Å²) >= 11 is 0. The summed E-state index contributed by atoms with van der Waals surface area (Å²) in [5.41, 5.74) is 4.13. The van der Waals surface area contributed by atoms with Crippen molar-refractivity contribution in [2.75, 3.05) is 7.05 Å². The number of rotatable bonds is 7. The zero-order chi connectivity index (χ0) is 14.5. The van der Waals surface area contributed by atoms with Gasteiger partial charge in [-0.3, -0.25) is 4.90 Å². The van der Waals surface area contributed by atoms with Gasteiger partial charge in [-0.05, 0) is 36.6 Å². The normalized spacial score (nSPS) is 14.6. The monoisotopic (exact) mass is 280 g/mol. The molecule has 3 rings (SSSR count). The Morgan fingerprint density at radius 3 is 2.05 bits per heavy atom. The van der Waals surface area contributed by atoms with E-state index in [0.29, 0.717) is 0 Å². The molecule has 1 aliphatic rings. The Kier molecular flexibility index (Phi) is 4.69. The van der Waals surface area contributed by atoms with Crippen molar-refractivity contribution >= 4 is 0 Å². The third-order valence-corrected chi connectivity index (χ3v) is 3.94. The smallest absolute Gasteiger partial charge is 0.0234 e. The van der Waals surface area contributed by atoms with E-state index in [1.54, 1.807) is 0 Å². The fraction of sp³-hybridized carbons (Fsp3) is 0.368. The molecule has 0 heterocycles. The van der Waals surface area contributed by atoms with E-state index in [1.165, 1.54) is 29.5 Å². The van der Waals surface area contributed by atoms with Gasteiger partial charge in [0.1, 0.15) is 0 Å². The average molecular weight is 280 g/mol. The minimum absolute atomic E-state index is 0.779. The van der Waals surface area contributed by atoms with Gasteiger partial charge in [0.05, 0.1) is 0 Å². The van der Waals surface area contributed by atoms with E-state index < -0.39 is 0 Å². The third kappa shape index (κ3) is 4.69. The van der Waals surface area contributed by atoms with Crippen molar-refractivity contribution in [3.8, 4) is 0 Å². The van der Waals surface area contributed by atoms with Gasteiger partial charge < -0.3 is 5.32 Å². The van der Waals surface area contributed by atoms with Gasteiger partial charge in [-0.1, -0.05) is 54.6 Å². The number of hydrogen-bond acceptors (Lipinski definition) is 2. The largest absolute Gasteiger partial charge is 0.310 e. The minimum atomic E-state index is 0.779. The Hall–Kier alpha value is -1.64. The molecule has 1 fully saturated rings. The maximum Gasteiger partial charge on any atom is 0.0234 e. The van der Waals surface area contributed by atoms with Gasteiger partial charge in [0.2, 0.25) is 0 Å². The van der Waals surface area contributed by atoms with Crippen LogP contribution in [0.3, 0.4) is 0 Å². The summed E-state index contributed by atoms with van der Waals surface area (Å²) < 4.78 is 0. The fourth-order valence-corrected chi connectivity index (χ4v) is 2.57. The van der Waals surface area contributed by atoms with Crippen molar-refractivity contribution in [1.29, 1.82) is 0 Å². The zero-order valence-corrected chi connectivity index (χ0v) is 12.8. The summed E-state index contributed by atoms with van der Waals surface area (Å²) in [7, 11) is 2.18. The Morgan fingerprint density at radius 2 is 1.43 bits per heavy atom. The molecule has 21 heavy (non-hydrogen) atoms. The molecule has 1 aliphatic carbocycles. The molecule has 0 saturated heterocycles. The lowest BCUT2D eigenvalue weighted by atomic mass is 10.1. The van der Waals surface area contributed by atoms with Crippen LogP contribution in [-0.2, 0) is 19.6 Å². The van der Waals surface area contributed by atoms with Crippen molar-refractivity contribution < 1.29 is 0 Å². The molecule has 2 nitrogen and oxygen atoms in total. The van der Waals surface area contributed by atoms with Crippen LogP contribution in [0.15, 0.2) is 54.6 Å². The number of benzene rings is 2. The van der Waals surface area contributed by atoms with Crippen LogP contribution in [0.2, 0.25) is 0 Å². The maximum absolute atomic E-state index is 3.56. The van der Waals surface area contributed by atoms with Crippen molar-refractivity contribution in [3.63, 3.8) is 0 Å².